The van der Waals surface area contributed by atoms with E-state index in [1.807, 2.05) is 4.57 Å². The van der Waals surface area contributed by atoms with Crippen LogP contribution < -0.4 is 9.47 Å². The first-order chi connectivity index (χ1) is 21.6. The predicted molar refractivity (Wildman–Crippen MR) is 160 cm³/mol. The fourth-order valence-corrected chi connectivity index (χ4v) is 5.94. The van der Waals surface area contributed by atoms with Crippen molar-refractivity contribution in [2.45, 2.75) is 57.9 Å². The van der Waals surface area contributed by atoms with Gasteiger partial charge in [-0.1, -0.05) is 11.6 Å². The fourth-order valence-electron chi connectivity index (χ4n) is 5.78. The van der Waals surface area contributed by atoms with Gasteiger partial charge in [-0.25, -0.2) is 22.9 Å². The number of hydrogen-bond acceptors (Lipinski definition) is 6. The Hall–Kier alpha value is -4.27. The quantitative estimate of drug-likeness (QED) is 0.187. The molecule has 1 aliphatic heterocycles. The second-order valence-electron chi connectivity index (χ2n) is 11.8. The average molecular weight is 639 g/mol. The zero-order valence-electron chi connectivity index (χ0n) is 24.2. The van der Waals surface area contributed by atoms with Crippen molar-refractivity contribution in [1.82, 2.24) is 14.5 Å². The van der Waals surface area contributed by atoms with Crippen molar-refractivity contribution in [3.05, 3.63) is 88.0 Å². The Balaban J connectivity index is 1.12. The van der Waals surface area contributed by atoms with E-state index in [0.717, 1.165) is 25.0 Å². The third-order valence-electron chi connectivity index (χ3n) is 8.53. The van der Waals surface area contributed by atoms with Gasteiger partial charge in [0.25, 0.3) is 0 Å². The highest BCUT2D eigenvalue weighted by molar-refractivity contribution is 6.30. The Morgan fingerprint density at radius 3 is 2.53 bits per heavy atom. The standard InChI is InChI=1S/C33H30ClF3N4O4/c34-22-1-4-29(26(36)16-22)44-18-21-13-24(2-3-25(21)35)45-23-5-11-40(12-6-23)17-30-39-31-27(37)14-20(32(42)43)15-28(31)41(30)19-33(7-8-33)9-10-38/h1-4,13-16,23H,5-9,11-12,17-19H2,(H,42,43). The summed E-state index contributed by atoms with van der Waals surface area (Å²) >= 11 is 5.78. The van der Waals surface area contributed by atoms with Crippen molar-refractivity contribution in [2.75, 3.05) is 13.1 Å². The van der Waals surface area contributed by atoms with E-state index in [2.05, 4.69) is 16.0 Å². The van der Waals surface area contributed by atoms with Gasteiger partial charge in [0.1, 0.15) is 35.6 Å². The molecule has 0 radical (unpaired) electrons. The van der Waals surface area contributed by atoms with Crippen LogP contribution in [0.3, 0.4) is 0 Å². The highest BCUT2D eigenvalue weighted by Crippen LogP contribution is 2.50. The van der Waals surface area contributed by atoms with Crippen LogP contribution in [-0.2, 0) is 19.7 Å². The van der Waals surface area contributed by atoms with E-state index < -0.39 is 23.4 Å². The van der Waals surface area contributed by atoms with Crippen molar-refractivity contribution in [3.63, 3.8) is 0 Å². The number of halogens is 4. The summed E-state index contributed by atoms with van der Waals surface area (Å²) in [6, 6.07) is 13.1. The van der Waals surface area contributed by atoms with E-state index in [0.29, 0.717) is 62.5 Å². The molecule has 0 spiro atoms. The fraction of sp³-hybridized carbons (Fsp3) is 0.364. The topological polar surface area (TPSA) is 101 Å². The Morgan fingerprint density at radius 2 is 1.84 bits per heavy atom. The van der Waals surface area contributed by atoms with Gasteiger partial charge in [0.15, 0.2) is 17.4 Å². The molecule has 2 aliphatic rings. The Bertz CT molecular complexity index is 1800. The molecular formula is C33H30ClF3N4O4. The maximum atomic E-state index is 15.0. The molecular weight excluding hydrogens is 609 g/mol. The van der Waals surface area contributed by atoms with Crippen molar-refractivity contribution < 1.29 is 32.5 Å². The van der Waals surface area contributed by atoms with Crippen LogP contribution >= 0.6 is 11.6 Å². The number of benzene rings is 3. The van der Waals surface area contributed by atoms with E-state index >= 15 is 0 Å². The number of carbonyl (C=O) groups is 1. The molecule has 234 valence electrons. The third-order valence-corrected chi connectivity index (χ3v) is 8.77. The summed E-state index contributed by atoms with van der Waals surface area (Å²) in [5.74, 6) is -1.98. The molecule has 1 aliphatic carbocycles. The summed E-state index contributed by atoms with van der Waals surface area (Å²) in [6.07, 6.45) is 3.33. The number of rotatable bonds is 11. The van der Waals surface area contributed by atoms with Gasteiger partial charge in [0.2, 0.25) is 0 Å². The molecule has 4 aromatic rings. The number of nitrogens with zero attached hydrogens (tertiary/aromatic N) is 4. The van der Waals surface area contributed by atoms with Crippen LogP contribution in [0, 0.1) is 34.2 Å². The van der Waals surface area contributed by atoms with E-state index in [9.17, 15) is 28.3 Å². The van der Waals surface area contributed by atoms with Gasteiger partial charge in [0, 0.05) is 42.1 Å². The van der Waals surface area contributed by atoms with Crippen LogP contribution in [0.2, 0.25) is 5.02 Å². The summed E-state index contributed by atoms with van der Waals surface area (Å²) in [5.41, 5.74) is 0.399. The van der Waals surface area contributed by atoms with Crippen LogP contribution in [-0.4, -0.2) is 44.7 Å². The monoisotopic (exact) mass is 638 g/mol. The minimum atomic E-state index is -1.22. The highest BCUT2D eigenvalue weighted by atomic mass is 35.5. The van der Waals surface area contributed by atoms with Gasteiger partial charge in [-0.15, -0.1) is 0 Å². The van der Waals surface area contributed by atoms with Crippen LogP contribution in [0.1, 0.15) is 53.8 Å². The number of aromatic nitrogens is 2. The number of likely N-dealkylation sites (tertiary alicyclic amines) is 1. The lowest BCUT2D eigenvalue weighted by Gasteiger charge is -2.32. The van der Waals surface area contributed by atoms with Crippen molar-refractivity contribution in [2.24, 2.45) is 5.41 Å². The summed E-state index contributed by atoms with van der Waals surface area (Å²) in [6.45, 7) is 2.02. The van der Waals surface area contributed by atoms with Crippen molar-refractivity contribution in [3.8, 4) is 17.6 Å². The zero-order chi connectivity index (χ0) is 31.7. The number of nitriles is 1. The number of hydrogen-bond donors (Lipinski definition) is 1. The molecule has 1 saturated carbocycles. The number of carboxylic acids is 1. The SMILES string of the molecule is N#CCC1(Cn2c(CN3CCC(Oc4ccc(F)c(COc5ccc(Cl)cc5F)c4)CC3)nc3c(F)cc(C(=O)O)cc32)CC1. The molecule has 6 rings (SSSR count). The van der Waals surface area contributed by atoms with Crippen LogP contribution in [0.5, 0.6) is 11.5 Å². The maximum Gasteiger partial charge on any atom is 0.335 e. The first-order valence-corrected chi connectivity index (χ1v) is 15.0. The van der Waals surface area contributed by atoms with Crippen LogP contribution in [0.25, 0.3) is 11.0 Å². The molecule has 1 saturated heterocycles. The van der Waals surface area contributed by atoms with E-state index in [1.165, 1.54) is 24.3 Å². The van der Waals surface area contributed by atoms with Gasteiger partial charge in [-0.2, -0.15) is 5.26 Å². The molecule has 0 amide bonds. The summed E-state index contributed by atoms with van der Waals surface area (Å²) in [4.78, 5) is 18.4. The van der Waals surface area contributed by atoms with Gasteiger partial charge >= 0.3 is 5.97 Å². The summed E-state index contributed by atoms with van der Waals surface area (Å²) < 4.78 is 57.1. The second-order valence-corrected chi connectivity index (χ2v) is 12.2. The molecule has 0 unspecified atom stereocenters. The number of aromatic carboxylic acids is 1. The third kappa shape index (κ3) is 6.87. The lowest BCUT2D eigenvalue weighted by molar-refractivity contribution is 0.0696. The largest absolute Gasteiger partial charge is 0.490 e. The van der Waals surface area contributed by atoms with E-state index in [-0.39, 0.29) is 45.5 Å². The maximum absolute atomic E-state index is 15.0. The molecule has 8 nitrogen and oxygen atoms in total. The van der Waals surface area contributed by atoms with Crippen molar-refractivity contribution >= 4 is 28.6 Å². The molecule has 3 aromatic carbocycles. The molecule has 0 bridgehead atoms. The van der Waals surface area contributed by atoms with Gasteiger partial charge < -0.3 is 19.1 Å². The summed E-state index contributed by atoms with van der Waals surface area (Å²) in [5, 5.41) is 19.1. The molecule has 45 heavy (non-hydrogen) atoms. The van der Waals surface area contributed by atoms with Crippen LogP contribution in [0.15, 0.2) is 48.5 Å². The second kappa shape index (κ2) is 12.6. The number of piperidine rings is 1. The number of fused-ring (bicyclic) bond motifs is 1. The van der Waals surface area contributed by atoms with Gasteiger partial charge in [-0.05, 0) is 74.2 Å². The minimum Gasteiger partial charge on any atom is -0.490 e. The lowest BCUT2D eigenvalue weighted by atomic mass is 10.0. The van der Waals surface area contributed by atoms with E-state index in [4.69, 9.17) is 21.1 Å². The first-order valence-electron chi connectivity index (χ1n) is 14.7. The minimum absolute atomic E-state index is 0.0338. The summed E-state index contributed by atoms with van der Waals surface area (Å²) in [7, 11) is 0. The first kappa shape index (κ1) is 30.7. The normalized spacial score (nSPS) is 16.4. The average Bonchev–Trinajstić information content (AvgIpc) is 3.68. The van der Waals surface area contributed by atoms with Gasteiger partial charge in [0.05, 0.1) is 23.7 Å². The lowest BCUT2D eigenvalue weighted by Crippen LogP contribution is -2.38. The smallest absolute Gasteiger partial charge is 0.335 e. The Kier molecular flexibility index (Phi) is 8.62. The molecule has 0 atom stereocenters. The number of carboxylic acid groups (broad SMARTS) is 1. The van der Waals surface area contributed by atoms with Gasteiger partial charge in [-0.3, -0.25) is 4.90 Å². The number of imidazole rings is 1. The molecule has 1 aromatic heterocycles. The van der Waals surface area contributed by atoms with Crippen LogP contribution in [0.4, 0.5) is 13.2 Å². The molecule has 2 fully saturated rings. The predicted octanol–water partition coefficient (Wildman–Crippen LogP) is 7.12. The Labute approximate surface area is 262 Å². The Morgan fingerprint density at radius 1 is 1.07 bits per heavy atom. The molecule has 12 heteroatoms. The van der Waals surface area contributed by atoms with Crippen molar-refractivity contribution in [1.29, 1.82) is 5.26 Å². The molecule has 1 N–H and O–H groups in total. The zero-order valence-corrected chi connectivity index (χ0v) is 25.0. The molecule has 2 heterocycles. The van der Waals surface area contributed by atoms with E-state index in [1.54, 1.807) is 12.1 Å². The highest BCUT2D eigenvalue weighted by Gasteiger charge is 2.43. The number of ether oxygens (including phenoxy) is 2.